The quantitative estimate of drug-likeness (QED) is 0.128. The Balaban J connectivity index is 1.25. The molecule has 3 aromatic rings. The van der Waals surface area contributed by atoms with Crippen molar-refractivity contribution in [2.75, 3.05) is 20.3 Å². The van der Waals surface area contributed by atoms with Gasteiger partial charge in [0, 0.05) is 10.8 Å². The number of nitrogens with zero attached hydrogens (tertiary/aromatic N) is 1. The van der Waals surface area contributed by atoms with Gasteiger partial charge in [0.1, 0.15) is 12.4 Å². The molecule has 2 fully saturated rings. The van der Waals surface area contributed by atoms with Crippen molar-refractivity contribution < 1.29 is 28.9 Å². The van der Waals surface area contributed by atoms with Crippen LogP contribution in [0.1, 0.15) is 43.0 Å². The highest BCUT2D eigenvalue weighted by atomic mass is 127. The number of benzene rings is 2. The number of phenols is 1. The lowest BCUT2D eigenvalue weighted by molar-refractivity contribution is -0.140. The Morgan fingerprint density at radius 3 is 2.68 bits per heavy atom. The van der Waals surface area contributed by atoms with Crippen LogP contribution in [0.15, 0.2) is 76.7 Å². The molecule has 0 unspecified atom stereocenters. The predicted octanol–water partition coefficient (Wildman–Crippen LogP) is 7.24. The topological polar surface area (TPSA) is 85.3 Å². The monoisotopic (exact) mass is 725 g/mol. The number of rotatable bonds is 11. The van der Waals surface area contributed by atoms with E-state index in [0.29, 0.717) is 31.9 Å². The molecular formula is C35H36INO6S. The fourth-order valence-corrected chi connectivity index (χ4v) is 8.13. The van der Waals surface area contributed by atoms with Crippen LogP contribution in [0.3, 0.4) is 0 Å². The number of allylic oxidation sites excluding steroid dienone is 1. The van der Waals surface area contributed by atoms with E-state index in [1.165, 1.54) is 10.5 Å². The van der Waals surface area contributed by atoms with Crippen LogP contribution in [0, 0.1) is 21.3 Å². The average molecular weight is 726 g/mol. The Hall–Kier alpha value is -3.15. The molecule has 0 bridgehead atoms. The second-order valence-corrected chi connectivity index (χ2v) is 13.7. The molecule has 0 spiro atoms. The number of likely N-dealkylation sites (tertiary alicyclic amines) is 1. The number of phenolic OH excluding ortho intramolecular Hbond substituents is 1. The van der Waals surface area contributed by atoms with E-state index >= 15 is 0 Å². The molecule has 1 N–H and O–H groups in total. The van der Waals surface area contributed by atoms with Crippen molar-refractivity contribution in [2.24, 2.45) is 17.8 Å². The summed E-state index contributed by atoms with van der Waals surface area (Å²) < 4.78 is 18.8. The lowest BCUT2D eigenvalue weighted by Crippen LogP contribution is -2.35. The molecular weight excluding hydrogens is 689 g/mol. The first-order valence-electron chi connectivity index (χ1n) is 15.0. The Morgan fingerprint density at radius 2 is 1.95 bits per heavy atom. The lowest BCUT2D eigenvalue weighted by Gasteiger charge is -2.31. The zero-order valence-corrected chi connectivity index (χ0v) is 27.8. The summed E-state index contributed by atoms with van der Waals surface area (Å²) in [5, 5.41) is 12.2. The number of ether oxygens (including phenoxy) is 3. The molecule has 6 rings (SSSR count). The zero-order valence-electron chi connectivity index (χ0n) is 24.8. The molecule has 4 atom stereocenters. The summed E-state index contributed by atoms with van der Waals surface area (Å²) in [7, 11) is 1.55. The van der Waals surface area contributed by atoms with Gasteiger partial charge in [-0.25, -0.2) is 0 Å². The second-order valence-electron chi connectivity index (χ2n) is 11.5. The summed E-state index contributed by atoms with van der Waals surface area (Å²) >= 11 is 3.68. The number of hydrogen-bond donors (Lipinski definition) is 1. The highest BCUT2D eigenvalue weighted by Crippen LogP contribution is 2.50. The summed E-state index contributed by atoms with van der Waals surface area (Å²) in [6.07, 6.45) is 4.98. The van der Waals surface area contributed by atoms with E-state index in [1.54, 1.807) is 18.4 Å². The van der Waals surface area contributed by atoms with Crippen LogP contribution in [0.25, 0.3) is 6.08 Å². The van der Waals surface area contributed by atoms with Crippen molar-refractivity contribution in [3.8, 4) is 17.2 Å². The molecule has 1 aromatic heterocycles. The van der Waals surface area contributed by atoms with E-state index in [4.69, 9.17) is 14.2 Å². The number of aromatic hydroxyl groups is 1. The largest absolute Gasteiger partial charge is 0.504 e. The van der Waals surface area contributed by atoms with Crippen LogP contribution in [-0.4, -0.2) is 48.2 Å². The molecule has 230 valence electrons. The van der Waals surface area contributed by atoms with Crippen LogP contribution in [0.4, 0.5) is 0 Å². The van der Waals surface area contributed by atoms with E-state index in [-0.39, 0.29) is 35.5 Å². The maximum atomic E-state index is 13.8. The van der Waals surface area contributed by atoms with E-state index in [0.717, 1.165) is 50.2 Å². The molecule has 0 saturated carbocycles. The fourth-order valence-electron chi connectivity index (χ4n) is 6.81. The fraction of sp³-hybridized carbons (Fsp3) is 0.371. The third-order valence-electron chi connectivity index (χ3n) is 8.97. The smallest absolute Gasteiger partial charge is 0.234 e. The van der Waals surface area contributed by atoms with E-state index < -0.39 is 5.92 Å². The van der Waals surface area contributed by atoms with Gasteiger partial charge in [-0.2, -0.15) is 0 Å². The van der Waals surface area contributed by atoms with Crippen molar-refractivity contribution in [3.63, 3.8) is 0 Å². The van der Waals surface area contributed by atoms with E-state index in [9.17, 15) is 14.7 Å². The van der Waals surface area contributed by atoms with Gasteiger partial charge in [-0.3, -0.25) is 14.5 Å². The van der Waals surface area contributed by atoms with Gasteiger partial charge in [0.2, 0.25) is 11.8 Å². The van der Waals surface area contributed by atoms with Gasteiger partial charge in [0.25, 0.3) is 0 Å². The number of methoxy groups -OCH3 is 1. The summed E-state index contributed by atoms with van der Waals surface area (Å²) in [5.41, 5.74) is 4.47. The van der Waals surface area contributed by atoms with Crippen molar-refractivity contribution in [1.29, 1.82) is 0 Å². The van der Waals surface area contributed by atoms with Gasteiger partial charge in [-0.05, 0) is 101 Å². The molecule has 44 heavy (non-hydrogen) atoms. The Kier molecular flexibility index (Phi) is 9.44. The van der Waals surface area contributed by atoms with E-state index in [1.807, 2.05) is 60.0 Å². The highest BCUT2D eigenvalue weighted by Gasteiger charge is 2.57. The first-order valence-corrected chi connectivity index (χ1v) is 17.0. The van der Waals surface area contributed by atoms with Crippen molar-refractivity contribution >= 4 is 51.8 Å². The minimum atomic E-state index is -0.393. The predicted molar refractivity (Wildman–Crippen MR) is 179 cm³/mol. The van der Waals surface area contributed by atoms with Crippen LogP contribution in [0.5, 0.6) is 17.2 Å². The number of carbonyl (C=O) groups is 2. The van der Waals surface area contributed by atoms with Crippen LogP contribution in [-0.2, 0) is 20.9 Å². The van der Waals surface area contributed by atoms with Crippen molar-refractivity contribution in [1.82, 2.24) is 4.90 Å². The van der Waals surface area contributed by atoms with E-state index in [2.05, 4.69) is 35.6 Å². The Bertz CT molecular complexity index is 1580. The van der Waals surface area contributed by atoms with Gasteiger partial charge in [0.05, 0.1) is 41.8 Å². The third kappa shape index (κ3) is 6.19. The molecule has 3 heterocycles. The zero-order chi connectivity index (χ0) is 30.8. The molecule has 2 saturated heterocycles. The number of para-hydroxylation sites is 1. The molecule has 2 aliphatic heterocycles. The van der Waals surface area contributed by atoms with Gasteiger partial charge < -0.3 is 19.3 Å². The number of amides is 2. The summed E-state index contributed by atoms with van der Waals surface area (Å²) in [5.74, 6) is 0.316. The molecule has 2 amide bonds. The second kappa shape index (κ2) is 13.5. The standard InChI is InChI=1S/C35H36INO6S/c1-3-21(14-22-15-28(36)33(38)30(16-22)41-2)11-12-29-31-23(19-42-24-8-5-4-6-9-24)17-26-32(27(31)20-43-29)35(40)37(34(26)39)18-25-10-7-13-44-25/h4-10,13-16,26-27,29,32,38H,3,11-12,17-20H2,1-2H3/b21-14+/t26-,27+,29-,32-/m1/s1. The van der Waals surface area contributed by atoms with Crippen LogP contribution in [0.2, 0.25) is 0 Å². The van der Waals surface area contributed by atoms with Gasteiger partial charge in [-0.15, -0.1) is 11.3 Å². The molecule has 1 aliphatic carbocycles. The summed E-state index contributed by atoms with van der Waals surface area (Å²) in [6, 6.07) is 17.4. The lowest BCUT2D eigenvalue weighted by atomic mass is 9.69. The average Bonchev–Trinajstić information content (AvgIpc) is 3.76. The molecule has 9 heteroatoms. The number of carbonyl (C=O) groups excluding carboxylic acids is 2. The number of hydrogen-bond acceptors (Lipinski definition) is 7. The van der Waals surface area contributed by atoms with Crippen molar-refractivity contribution in [3.05, 3.63) is 90.7 Å². The maximum Gasteiger partial charge on any atom is 0.234 e. The number of halogens is 1. The maximum absolute atomic E-state index is 13.8. The minimum absolute atomic E-state index is 0.0757. The Morgan fingerprint density at radius 1 is 1.14 bits per heavy atom. The number of fused-ring (bicyclic) bond motifs is 3. The molecule has 2 aromatic carbocycles. The third-order valence-corrected chi connectivity index (χ3v) is 10.7. The SMILES string of the molecule is CC/C(=C\c1cc(I)c(O)c(OC)c1)CC[C@H]1OC[C@H]2C1=C(COc1ccccc1)C[C@H]1C(=O)N(Cc3cccs3)C(=O)[C@H]12. The Labute approximate surface area is 275 Å². The minimum Gasteiger partial charge on any atom is -0.504 e. The molecule has 3 aliphatic rings. The first-order chi connectivity index (χ1) is 21.4. The van der Waals surface area contributed by atoms with Crippen LogP contribution < -0.4 is 9.47 Å². The highest BCUT2D eigenvalue weighted by molar-refractivity contribution is 14.1. The summed E-state index contributed by atoms with van der Waals surface area (Å²) in [6.45, 7) is 3.27. The first kappa shape index (κ1) is 30.9. The summed E-state index contributed by atoms with van der Waals surface area (Å²) in [4.78, 5) is 29.9. The van der Waals surface area contributed by atoms with Crippen LogP contribution >= 0.6 is 33.9 Å². The number of imide groups is 1. The molecule has 0 radical (unpaired) electrons. The van der Waals surface area contributed by atoms with Crippen molar-refractivity contribution in [2.45, 2.75) is 45.3 Å². The number of thiophene rings is 1. The normalized spacial score (nSPS) is 23.2. The molecule has 7 nitrogen and oxygen atoms in total. The van der Waals surface area contributed by atoms with Gasteiger partial charge >= 0.3 is 0 Å². The van der Waals surface area contributed by atoms with Gasteiger partial charge in [-0.1, -0.05) is 42.8 Å². The van der Waals surface area contributed by atoms with Gasteiger partial charge in [0.15, 0.2) is 11.5 Å².